The number of piperidine rings is 1. The zero-order chi connectivity index (χ0) is 24.6. The molecule has 2 fully saturated rings. The number of amides is 1. The van der Waals surface area contributed by atoms with Crippen LogP contribution in [-0.2, 0) is 19.8 Å². The molecule has 0 radical (unpaired) electrons. The molecule has 0 saturated carbocycles. The lowest BCUT2D eigenvalue weighted by Gasteiger charge is -2.46. The van der Waals surface area contributed by atoms with Crippen LogP contribution in [0.2, 0.25) is 0 Å². The van der Waals surface area contributed by atoms with E-state index in [0.717, 1.165) is 50.4 Å². The third kappa shape index (κ3) is 6.20. The van der Waals surface area contributed by atoms with Crippen molar-refractivity contribution in [3.8, 4) is 0 Å². The predicted molar refractivity (Wildman–Crippen MR) is 124 cm³/mol. The van der Waals surface area contributed by atoms with Gasteiger partial charge in [-0.25, -0.2) is 4.98 Å². The molecule has 186 valence electrons. The molecule has 2 aliphatic heterocycles. The van der Waals surface area contributed by atoms with Gasteiger partial charge in [-0.05, 0) is 32.3 Å². The Hall–Kier alpha value is -2.79. The summed E-state index contributed by atoms with van der Waals surface area (Å²) in [6, 6.07) is 9.73. The van der Waals surface area contributed by atoms with E-state index in [1.807, 2.05) is 44.2 Å². The van der Waals surface area contributed by atoms with Crippen molar-refractivity contribution >= 4 is 12.4 Å². The fraction of sp³-hybridized carbons (Fsp3) is 0.542. The number of rotatable bonds is 6. The number of aromatic amines is 1. The summed E-state index contributed by atoms with van der Waals surface area (Å²) in [5.41, 5.74) is 1.12. The number of aliphatic hydroxyl groups excluding tert-OH is 1. The number of nitrogens with one attached hydrogen (secondary N) is 2. The van der Waals surface area contributed by atoms with Crippen LogP contribution in [0, 0.1) is 13.8 Å². The number of hydrogen-bond donors (Lipinski definition) is 4. The number of hydrogen-bond acceptors (Lipinski definition) is 7. The summed E-state index contributed by atoms with van der Waals surface area (Å²) in [7, 11) is 0. The van der Waals surface area contributed by atoms with Gasteiger partial charge in [0.1, 0.15) is 11.5 Å². The molecular formula is C24H34N4O6. The number of nitrogens with zero attached hydrogens (tertiary/aromatic N) is 2. The maximum atomic E-state index is 13.1. The number of carbonyl (C=O) groups excluding carboxylic acids is 1. The molecule has 0 unspecified atom stereocenters. The first-order valence-electron chi connectivity index (χ1n) is 11.5. The number of β-amino-alcohol motifs (C(OH)–C–C–N with tert-alkyl or cyclic N) is 1. The second-order valence-electron chi connectivity index (χ2n) is 8.57. The van der Waals surface area contributed by atoms with Gasteiger partial charge < -0.3 is 34.9 Å². The molecule has 0 spiro atoms. The number of H-pyrrole nitrogens is 1. The Labute approximate surface area is 199 Å². The van der Waals surface area contributed by atoms with Crippen molar-refractivity contribution in [2.45, 2.75) is 51.0 Å². The molecule has 2 aliphatic rings. The van der Waals surface area contributed by atoms with Crippen molar-refractivity contribution in [3.05, 3.63) is 53.1 Å². The van der Waals surface area contributed by atoms with Crippen LogP contribution in [0.15, 0.2) is 30.3 Å². The van der Waals surface area contributed by atoms with E-state index in [1.165, 1.54) is 0 Å². The molecule has 10 heteroatoms. The zero-order valence-electron chi connectivity index (χ0n) is 19.7. The molecule has 2 saturated heterocycles. The third-order valence-corrected chi connectivity index (χ3v) is 6.24. The van der Waals surface area contributed by atoms with Gasteiger partial charge in [-0.3, -0.25) is 9.59 Å². The fourth-order valence-corrected chi connectivity index (χ4v) is 4.57. The van der Waals surface area contributed by atoms with E-state index in [1.54, 1.807) is 0 Å². The third-order valence-electron chi connectivity index (χ3n) is 6.24. The quantitative estimate of drug-likeness (QED) is 0.463. The maximum absolute atomic E-state index is 13.1. The average Bonchev–Trinajstić information content (AvgIpc) is 3.19. The van der Waals surface area contributed by atoms with Crippen LogP contribution < -0.4 is 5.32 Å². The predicted octanol–water partition coefficient (Wildman–Crippen LogP) is 1.57. The van der Waals surface area contributed by atoms with E-state index in [4.69, 9.17) is 19.4 Å². The lowest BCUT2D eigenvalue weighted by atomic mass is 9.78. The first-order valence-corrected chi connectivity index (χ1v) is 11.5. The van der Waals surface area contributed by atoms with E-state index in [9.17, 15) is 9.90 Å². The van der Waals surface area contributed by atoms with Crippen molar-refractivity contribution < 1.29 is 29.3 Å². The van der Waals surface area contributed by atoms with Crippen LogP contribution in [0.5, 0.6) is 0 Å². The van der Waals surface area contributed by atoms with Crippen molar-refractivity contribution in [2.24, 2.45) is 0 Å². The van der Waals surface area contributed by atoms with Gasteiger partial charge in [-0.2, -0.15) is 0 Å². The molecule has 10 nitrogen and oxygen atoms in total. The summed E-state index contributed by atoms with van der Waals surface area (Å²) >= 11 is 0. The van der Waals surface area contributed by atoms with Crippen LogP contribution in [-0.4, -0.2) is 82.7 Å². The van der Waals surface area contributed by atoms with E-state index < -0.39 is 11.6 Å². The molecular weight excluding hydrogens is 440 g/mol. The Morgan fingerprint density at radius 2 is 1.97 bits per heavy atom. The van der Waals surface area contributed by atoms with E-state index in [0.29, 0.717) is 24.5 Å². The SMILES string of the molecule is Cc1nc(C(=O)N[C@]2(c3ccccc3)CCN(CCC3OCCCO3)C[C@H]2O)c(C)[nH]1.O=CO. The monoisotopic (exact) mass is 474 g/mol. The largest absolute Gasteiger partial charge is 0.483 e. The summed E-state index contributed by atoms with van der Waals surface area (Å²) in [5.74, 6) is 0.418. The van der Waals surface area contributed by atoms with Crippen LogP contribution in [0.25, 0.3) is 0 Å². The molecule has 3 heterocycles. The van der Waals surface area contributed by atoms with Crippen LogP contribution >= 0.6 is 0 Å². The maximum Gasteiger partial charge on any atom is 0.290 e. The van der Waals surface area contributed by atoms with Crippen molar-refractivity contribution in [1.29, 1.82) is 0 Å². The average molecular weight is 475 g/mol. The highest BCUT2D eigenvalue weighted by Crippen LogP contribution is 2.34. The van der Waals surface area contributed by atoms with Gasteiger partial charge in [0.25, 0.3) is 12.4 Å². The number of likely N-dealkylation sites (tertiary alicyclic amines) is 1. The highest BCUT2D eigenvalue weighted by molar-refractivity contribution is 5.94. The summed E-state index contributed by atoms with van der Waals surface area (Å²) in [6.07, 6.45) is 1.37. The Kier molecular flexibility index (Phi) is 9.17. The smallest absolute Gasteiger partial charge is 0.290 e. The molecule has 0 bridgehead atoms. The molecule has 0 aliphatic carbocycles. The van der Waals surface area contributed by atoms with E-state index in [2.05, 4.69) is 20.2 Å². The lowest BCUT2D eigenvalue weighted by molar-refractivity contribution is -0.183. The van der Waals surface area contributed by atoms with Crippen LogP contribution in [0.4, 0.5) is 0 Å². The number of carboxylic acid groups (broad SMARTS) is 1. The molecule has 4 rings (SSSR count). The highest BCUT2D eigenvalue weighted by Gasteiger charge is 2.45. The van der Waals surface area contributed by atoms with Gasteiger partial charge in [0.2, 0.25) is 0 Å². The minimum Gasteiger partial charge on any atom is -0.483 e. The van der Waals surface area contributed by atoms with Crippen molar-refractivity contribution in [3.63, 3.8) is 0 Å². The standard InChI is InChI=1S/C23H32N4O4.CH2O2/c1-16-21(25-17(2)24-16)22(29)26-23(18-7-4-3-5-8-18)10-12-27(15-19(23)28)11-9-20-30-13-6-14-31-20;2-1-3/h3-5,7-8,19-20,28H,6,9-15H2,1-2H3,(H,24,25)(H,26,29);1H,(H,2,3)/t19-,23+;/m1./s1. The van der Waals surface area contributed by atoms with Gasteiger partial charge in [0.15, 0.2) is 6.29 Å². The Morgan fingerprint density at radius 3 is 2.56 bits per heavy atom. The molecule has 2 atom stereocenters. The van der Waals surface area contributed by atoms with Crippen molar-refractivity contribution in [1.82, 2.24) is 20.2 Å². The first-order chi connectivity index (χ1) is 16.4. The summed E-state index contributed by atoms with van der Waals surface area (Å²) in [6.45, 7) is 6.86. The van der Waals surface area contributed by atoms with Crippen LogP contribution in [0.3, 0.4) is 0 Å². The number of benzene rings is 1. The minimum absolute atomic E-state index is 0.169. The van der Waals surface area contributed by atoms with E-state index in [-0.39, 0.29) is 18.7 Å². The zero-order valence-corrected chi connectivity index (χ0v) is 19.7. The Bertz CT molecular complexity index is 931. The first kappa shape index (κ1) is 25.8. The van der Waals surface area contributed by atoms with Gasteiger partial charge in [-0.1, -0.05) is 30.3 Å². The Balaban J connectivity index is 0.00000103. The van der Waals surface area contributed by atoms with Gasteiger partial charge >= 0.3 is 0 Å². The number of aryl methyl sites for hydroxylation is 2. The molecule has 34 heavy (non-hydrogen) atoms. The normalized spacial score (nSPS) is 23.6. The second-order valence-corrected chi connectivity index (χ2v) is 8.57. The second kappa shape index (κ2) is 12.1. The fourth-order valence-electron chi connectivity index (χ4n) is 4.57. The number of ether oxygens (including phenoxy) is 2. The lowest BCUT2D eigenvalue weighted by Crippen LogP contribution is -2.62. The molecule has 1 amide bonds. The molecule has 4 N–H and O–H groups in total. The molecule has 2 aromatic rings. The summed E-state index contributed by atoms with van der Waals surface area (Å²) in [4.78, 5) is 31.1. The summed E-state index contributed by atoms with van der Waals surface area (Å²) in [5, 5.41) is 21.3. The van der Waals surface area contributed by atoms with E-state index >= 15 is 0 Å². The number of carbonyl (C=O) groups is 2. The van der Waals surface area contributed by atoms with Gasteiger partial charge in [0.05, 0.1) is 24.9 Å². The van der Waals surface area contributed by atoms with Gasteiger partial charge in [-0.15, -0.1) is 0 Å². The topological polar surface area (TPSA) is 137 Å². The van der Waals surface area contributed by atoms with Crippen LogP contribution in [0.1, 0.15) is 46.8 Å². The summed E-state index contributed by atoms with van der Waals surface area (Å²) < 4.78 is 11.3. The highest BCUT2D eigenvalue weighted by atomic mass is 16.7. The molecule has 1 aromatic carbocycles. The Morgan fingerprint density at radius 1 is 1.29 bits per heavy atom. The van der Waals surface area contributed by atoms with Gasteiger partial charge in [0, 0.05) is 31.7 Å². The number of aromatic nitrogens is 2. The molecule has 1 aromatic heterocycles. The minimum atomic E-state index is -0.869. The number of imidazole rings is 1. The number of aliphatic hydroxyl groups is 1. The van der Waals surface area contributed by atoms with Crippen molar-refractivity contribution in [2.75, 3.05) is 32.8 Å².